The maximum absolute atomic E-state index is 11.9. The molecule has 0 amide bonds. The highest BCUT2D eigenvalue weighted by Crippen LogP contribution is 2.36. The summed E-state index contributed by atoms with van der Waals surface area (Å²) in [7, 11) is -0.445. The molecule has 0 aromatic heterocycles. The van der Waals surface area contributed by atoms with Crippen LogP contribution in [-0.2, 0) is 42.4 Å². The Labute approximate surface area is 189 Å². The van der Waals surface area contributed by atoms with Gasteiger partial charge in [0.05, 0.1) is 79.3 Å². The summed E-state index contributed by atoms with van der Waals surface area (Å²) in [6.07, 6.45) is 0. The zero-order valence-corrected chi connectivity index (χ0v) is 21.4. The molecule has 0 rings (SSSR count). The highest BCUT2D eigenvalue weighted by Gasteiger charge is 2.40. The Balaban J connectivity index is 3.29. The minimum Gasteiger partial charge on any atom is -0.517 e. The first kappa shape index (κ1) is 30.4. The van der Waals surface area contributed by atoms with E-state index in [0.717, 1.165) is 0 Å². The predicted octanol–water partition coefficient (Wildman–Crippen LogP) is 2.28. The summed E-state index contributed by atoms with van der Waals surface area (Å²) in [5.74, 6) is -0.310. The maximum atomic E-state index is 11.9. The fourth-order valence-corrected chi connectivity index (χ4v) is 2.80. The van der Waals surface area contributed by atoms with Gasteiger partial charge in [-0.2, -0.15) is 0 Å². The maximum Gasteiger partial charge on any atom is 0.318 e. The quantitative estimate of drug-likeness (QED) is 0.186. The van der Waals surface area contributed by atoms with Crippen molar-refractivity contribution in [3.63, 3.8) is 0 Å². The van der Waals surface area contributed by atoms with Gasteiger partial charge in [0, 0.05) is 7.11 Å². The van der Waals surface area contributed by atoms with E-state index in [0.29, 0.717) is 79.3 Å². The molecule has 0 aliphatic carbocycles. The second-order valence-electron chi connectivity index (χ2n) is 8.34. The molecule has 0 aliphatic rings. The molecule has 0 N–H and O–H groups in total. The number of hydrogen-bond acceptors (Lipinski definition) is 9. The number of rotatable bonds is 21. The number of hydrogen-bond donors (Lipinski definition) is 0. The summed E-state index contributed by atoms with van der Waals surface area (Å²) in [6, 6.07) is 0. The van der Waals surface area contributed by atoms with E-state index in [2.05, 4.69) is 20.8 Å². The first-order valence-electron chi connectivity index (χ1n) is 10.9. The normalized spacial score (nSPS) is 12.3. The second kappa shape index (κ2) is 18.9. The molecule has 0 fully saturated rings. The van der Waals surface area contributed by atoms with Crippen molar-refractivity contribution in [1.82, 2.24) is 0 Å². The van der Waals surface area contributed by atoms with Crippen molar-refractivity contribution in [2.24, 2.45) is 0 Å². The van der Waals surface area contributed by atoms with Gasteiger partial charge in [-0.25, -0.2) is 0 Å². The van der Waals surface area contributed by atoms with Crippen molar-refractivity contribution in [3.05, 3.63) is 0 Å². The molecule has 0 aromatic carbocycles. The van der Waals surface area contributed by atoms with Gasteiger partial charge < -0.3 is 37.6 Å². The summed E-state index contributed by atoms with van der Waals surface area (Å²) in [6.45, 7) is 16.3. The Kier molecular flexibility index (Phi) is 18.6. The summed E-state index contributed by atoms with van der Waals surface area (Å²) in [4.78, 5) is 11.9. The van der Waals surface area contributed by atoms with Crippen LogP contribution in [0.1, 0.15) is 20.8 Å². The number of carbonyl (C=O) groups excluding carboxylic acids is 1. The van der Waals surface area contributed by atoms with Gasteiger partial charge in [-0.1, -0.05) is 20.8 Å². The molecule has 31 heavy (non-hydrogen) atoms. The van der Waals surface area contributed by atoms with Gasteiger partial charge in [-0.15, -0.1) is 0 Å². The summed E-state index contributed by atoms with van der Waals surface area (Å²) in [5.41, 5.74) is 0. The van der Waals surface area contributed by atoms with Gasteiger partial charge in [0.25, 0.3) is 8.32 Å². The van der Waals surface area contributed by atoms with E-state index in [1.807, 2.05) is 13.1 Å². The Bertz CT molecular complexity index is 428. The van der Waals surface area contributed by atoms with Crippen molar-refractivity contribution < 1.29 is 42.4 Å². The van der Waals surface area contributed by atoms with E-state index in [1.54, 1.807) is 7.11 Å². The largest absolute Gasteiger partial charge is 0.517 e. The van der Waals surface area contributed by atoms with Gasteiger partial charge in [0.2, 0.25) is 0 Å². The number of methoxy groups -OCH3 is 1. The van der Waals surface area contributed by atoms with Gasteiger partial charge in [-0.3, -0.25) is 4.79 Å². The van der Waals surface area contributed by atoms with Gasteiger partial charge in [0.15, 0.2) is 0 Å². The molecule has 0 unspecified atom stereocenters. The standard InChI is InChI=1S/C21H44O9Si/c1-21(2,3)31(5,6)30-20(22)19-29-18-17-28-16-15-27-14-13-26-12-11-25-10-9-24-8-7-23-4/h7-19H2,1-6H3. The SMILES string of the molecule is COCCOCCOCCOCCOCCOCCOCC(=O)O[Si](C)(C)C(C)(C)C. The van der Waals surface area contributed by atoms with Crippen LogP contribution in [0.3, 0.4) is 0 Å². The molecule has 0 saturated heterocycles. The van der Waals surface area contributed by atoms with Crippen LogP contribution < -0.4 is 0 Å². The van der Waals surface area contributed by atoms with E-state index < -0.39 is 8.32 Å². The molecular formula is C21H44O9Si. The van der Waals surface area contributed by atoms with E-state index in [1.165, 1.54) is 0 Å². The van der Waals surface area contributed by atoms with Crippen molar-refractivity contribution in [2.45, 2.75) is 38.9 Å². The third kappa shape index (κ3) is 18.7. The van der Waals surface area contributed by atoms with Crippen molar-refractivity contribution in [2.75, 3.05) is 93.0 Å². The lowest BCUT2D eigenvalue weighted by Crippen LogP contribution is -2.43. The van der Waals surface area contributed by atoms with Crippen LogP contribution in [0.2, 0.25) is 18.1 Å². The van der Waals surface area contributed by atoms with Crippen molar-refractivity contribution >= 4 is 14.3 Å². The highest BCUT2D eigenvalue weighted by molar-refractivity contribution is 6.75. The molecule has 0 atom stereocenters. The molecule has 0 saturated carbocycles. The van der Waals surface area contributed by atoms with E-state index >= 15 is 0 Å². The third-order valence-corrected chi connectivity index (χ3v) is 9.04. The molecule has 0 heterocycles. The lowest BCUT2D eigenvalue weighted by Gasteiger charge is -2.35. The van der Waals surface area contributed by atoms with Crippen LogP contribution in [0.5, 0.6) is 0 Å². The minimum atomic E-state index is -2.09. The smallest absolute Gasteiger partial charge is 0.318 e. The lowest BCUT2D eigenvalue weighted by atomic mass is 10.2. The zero-order valence-electron chi connectivity index (χ0n) is 20.4. The van der Waals surface area contributed by atoms with Crippen LogP contribution in [0.4, 0.5) is 0 Å². The monoisotopic (exact) mass is 468 g/mol. The van der Waals surface area contributed by atoms with Gasteiger partial charge in [0.1, 0.15) is 6.61 Å². The molecule has 0 bridgehead atoms. The Morgan fingerprint density at radius 2 is 0.935 bits per heavy atom. The van der Waals surface area contributed by atoms with Crippen LogP contribution >= 0.6 is 0 Å². The second-order valence-corrected chi connectivity index (χ2v) is 13.1. The lowest BCUT2D eigenvalue weighted by molar-refractivity contribution is -0.141. The fraction of sp³-hybridized carbons (Fsp3) is 0.952. The molecule has 0 spiro atoms. The van der Waals surface area contributed by atoms with E-state index in [-0.39, 0.29) is 17.6 Å². The topological polar surface area (TPSA) is 90.9 Å². The summed E-state index contributed by atoms with van der Waals surface area (Å²) < 4.78 is 42.7. The summed E-state index contributed by atoms with van der Waals surface area (Å²) in [5, 5.41) is -0.00985. The first-order chi connectivity index (χ1) is 14.7. The Morgan fingerprint density at radius 1 is 0.613 bits per heavy atom. The summed E-state index contributed by atoms with van der Waals surface area (Å²) >= 11 is 0. The van der Waals surface area contributed by atoms with Gasteiger partial charge in [-0.05, 0) is 18.1 Å². The average Bonchev–Trinajstić information content (AvgIpc) is 2.68. The molecule has 10 heteroatoms. The molecule has 9 nitrogen and oxygen atoms in total. The molecule has 0 aromatic rings. The predicted molar refractivity (Wildman–Crippen MR) is 120 cm³/mol. The van der Waals surface area contributed by atoms with Crippen LogP contribution in [-0.4, -0.2) is 107 Å². The van der Waals surface area contributed by atoms with Crippen molar-refractivity contribution in [3.8, 4) is 0 Å². The molecular weight excluding hydrogens is 424 g/mol. The Morgan fingerprint density at radius 3 is 1.26 bits per heavy atom. The zero-order chi connectivity index (χ0) is 23.4. The van der Waals surface area contributed by atoms with Crippen molar-refractivity contribution in [1.29, 1.82) is 0 Å². The number of ether oxygens (including phenoxy) is 7. The van der Waals surface area contributed by atoms with E-state index in [9.17, 15) is 4.79 Å². The van der Waals surface area contributed by atoms with Crippen LogP contribution in [0.25, 0.3) is 0 Å². The number of carbonyl (C=O) groups is 1. The molecule has 0 aliphatic heterocycles. The van der Waals surface area contributed by atoms with E-state index in [4.69, 9.17) is 37.6 Å². The molecule has 0 radical (unpaired) electrons. The minimum absolute atomic E-state index is 0.00985. The third-order valence-electron chi connectivity index (χ3n) is 4.69. The average molecular weight is 469 g/mol. The van der Waals surface area contributed by atoms with Crippen LogP contribution in [0, 0.1) is 0 Å². The van der Waals surface area contributed by atoms with Gasteiger partial charge >= 0.3 is 5.97 Å². The highest BCUT2D eigenvalue weighted by atomic mass is 28.4. The Hall–Kier alpha value is -0.593. The first-order valence-corrected chi connectivity index (χ1v) is 13.8. The molecule has 186 valence electrons. The fourth-order valence-electron chi connectivity index (χ4n) is 1.86. The van der Waals surface area contributed by atoms with Crippen LogP contribution in [0.15, 0.2) is 0 Å².